The van der Waals surface area contributed by atoms with E-state index in [4.69, 9.17) is 14.2 Å². The van der Waals surface area contributed by atoms with Gasteiger partial charge in [-0.15, -0.1) is 0 Å². The first-order valence-corrected chi connectivity index (χ1v) is 30.1. The third kappa shape index (κ3) is 57.4. The molecule has 0 aliphatic rings. The Bertz CT molecular complexity index is 1370. The highest BCUT2D eigenvalue weighted by atomic mass is 16.6. The lowest BCUT2D eigenvalue weighted by atomic mass is 10.1. The van der Waals surface area contributed by atoms with E-state index < -0.39 is 6.10 Å². The van der Waals surface area contributed by atoms with Gasteiger partial charge in [-0.3, -0.25) is 14.4 Å². The van der Waals surface area contributed by atoms with E-state index in [1.165, 1.54) is 148 Å². The molecule has 0 unspecified atom stereocenters. The first kappa shape index (κ1) is 67.6. The molecule has 0 aromatic carbocycles. The number of hydrogen-bond donors (Lipinski definition) is 0. The zero-order valence-electron chi connectivity index (χ0n) is 46.7. The first-order valence-electron chi connectivity index (χ1n) is 30.1. The Morgan fingerprint density at radius 1 is 0.282 bits per heavy atom. The van der Waals surface area contributed by atoms with Gasteiger partial charge in [0.1, 0.15) is 13.2 Å². The van der Waals surface area contributed by atoms with Gasteiger partial charge in [0.05, 0.1) is 0 Å². The van der Waals surface area contributed by atoms with Gasteiger partial charge in [-0.1, -0.05) is 234 Å². The summed E-state index contributed by atoms with van der Waals surface area (Å²) in [5.41, 5.74) is 0. The van der Waals surface area contributed by atoms with Crippen LogP contribution in [0.1, 0.15) is 290 Å². The fraction of sp³-hybridized carbons (Fsp3) is 0.738. The minimum atomic E-state index is -0.797. The molecule has 1 atom stereocenters. The van der Waals surface area contributed by atoms with Gasteiger partial charge >= 0.3 is 17.9 Å². The summed E-state index contributed by atoms with van der Waals surface area (Å²) in [6.07, 6.45) is 77.1. The molecule has 0 aromatic heterocycles. The molecule has 71 heavy (non-hydrogen) atoms. The molecule has 0 saturated carbocycles. The highest BCUT2D eigenvalue weighted by Gasteiger charge is 2.19. The van der Waals surface area contributed by atoms with Gasteiger partial charge in [0.15, 0.2) is 6.10 Å². The second kappa shape index (κ2) is 59.2. The summed E-state index contributed by atoms with van der Waals surface area (Å²) in [6.45, 7) is 6.57. The van der Waals surface area contributed by atoms with Crippen LogP contribution in [0.25, 0.3) is 0 Å². The largest absolute Gasteiger partial charge is 0.462 e. The maximum absolute atomic E-state index is 12.9. The summed E-state index contributed by atoms with van der Waals surface area (Å²) in [7, 11) is 0. The van der Waals surface area contributed by atoms with Gasteiger partial charge < -0.3 is 14.2 Å². The van der Waals surface area contributed by atoms with E-state index >= 15 is 0 Å². The number of esters is 3. The van der Waals surface area contributed by atoms with Crippen molar-refractivity contribution in [2.45, 2.75) is 297 Å². The predicted molar refractivity (Wildman–Crippen MR) is 307 cm³/mol. The lowest BCUT2D eigenvalue weighted by Gasteiger charge is -2.18. The molecule has 0 spiro atoms. The standard InChI is InChI=1S/C65H112O6/c1-4-7-10-13-16-19-22-25-28-31-32-35-37-40-43-46-49-52-55-58-64(67)70-61-62(71-65(68)59-56-53-50-47-44-41-38-34-30-27-24-21-18-15-12-9-6-3)60-69-63(66)57-54-51-48-45-42-39-36-33-29-26-23-20-17-14-11-8-5-2/h16,18-19,21,25-30,32,35,38,41,62H,4-15,17,20,22-24,31,33-34,36-37,39-40,42-61H2,1-3H3/b19-16-,21-18-,28-25-,29-26-,30-27-,35-32-,41-38-/t62-/m1/s1. The summed E-state index contributed by atoms with van der Waals surface area (Å²) in [6, 6.07) is 0. The molecule has 6 nitrogen and oxygen atoms in total. The van der Waals surface area contributed by atoms with Crippen LogP contribution in [0.5, 0.6) is 0 Å². The fourth-order valence-electron chi connectivity index (χ4n) is 8.27. The van der Waals surface area contributed by atoms with E-state index in [1.54, 1.807) is 0 Å². The number of rotatable bonds is 54. The average Bonchev–Trinajstić information content (AvgIpc) is 3.37. The molecule has 0 aliphatic carbocycles. The fourth-order valence-corrected chi connectivity index (χ4v) is 8.27. The molecule has 0 bridgehead atoms. The number of ether oxygens (including phenoxy) is 3. The van der Waals surface area contributed by atoms with E-state index in [0.717, 1.165) is 103 Å². The smallest absolute Gasteiger partial charge is 0.306 e. The van der Waals surface area contributed by atoms with E-state index in [1.807, 2.05) is 0 Å². The Kier molecular flexibility index (Phi) is 56.3. The highest BCUT2D eigenvalue weighted by Crippen LogP contribution is 2.15. The Morgan fingerprint density at radius 3 is 0.831 bits per heavy atom. The van der Waals surface area contributed by atoms with Gasteiger partial charge in [0.25, 0.3) is 0 Å². The van der Waals surface area contributed by atoms with Crippen LogP contribution in [0.3, 0.4) is 0 Å². The summed E-state index contributed by atoms with van der Waals surface area (Å²) >= 11 is 0. The molecule has 0 rings (SSSR count). The molecule has 0 amide bonds. The molecular formula is C65H112O6. The van der Waals surface area contributed by atoms with Crippen molar-refractivity contribution < 1.29 is 28.6 Å². The Hall–Kier alpha value is -3.41. The third-order valence-electron chi connectivity index (χ3n) is 12.8. The number of carbonyl (C=O) groups is 3. The van der Waals surface area contributed by atoms with Crippen LogP contribution in [0, 0.1) is 0 Å². The van der Waals surface area contributed by atoms with E-state index in [9.17, 15) is 14.4 Å². The van der Waals surface area contributed by atoms with Crippen molar-refractivity contribution in [3.63, 3.8) is 0 Å². The SMILES string of the molecule is CCCCC/C=C\C/C=C\C/C=C\CCCCCCCCC(=O)OC[C@@H](COC(=O)CCCCCCCCC/C=C\CCCCCCCC)OC(=O)CCCCCC/C=C\C/C=C\C/C=C\CCCCC. The first-order chi connectivity index (χ1) is 35.0. The lowest BCUT2D eigenvalue weighted by Crippen LogP contribution is -2.30. The topological polar surface area (TPSA) is 78.9 Å². The van der Waals surface area contributed by atoms with Crippen molar-refractivity contribution in [2.75, 3.05) is 13.2 Å². The van der Waals surface area contributed by atoms with E-state index in [-0.39, 0.29) is 31.1 Å². The van der Waals surface area contributed by atoms with E-state index in [2.05, 4.69) is 106 Å². The van der Waals surface area contributed by atoms with Gasteiger partial charge in [0.2, 0.25) is 0 Å². The molecule has 0 saturated heterocycles. The van der Waals surface area contributed by atoms with Crippen molar-refractivity contribution in [3.8, 4) is 0 Å². The minimum Gasteiger partial charge on any atom is -0.462 e. The molecule has 408 valence electrons. The Morgan fingerprint density at radius 2 is 0.507 bits per heavy atom. The maximum atomic E-state index is 12.9. The van der Waals surface area contributed by atoms with Gasteiger partial charge in [-0.25, -0.2) is 0 Å². The van der Waals surface area contributed by atoms with Crippen molar-refractivity contribution in [1.82, 2.24) is 0 Å². The minimum absolute atomic E-state index is 0.0920. The van der Waals surface area contributed by atoms with Crippen LogP contribution in [0.2, 0.25) is 0 Å². The number of allylic oxidation sites excluding steroid dienone is 14. The predicted octanol–water partition coefficient (Wildman–Crippen LogP) is 20.3. The van der Waals surface area contributed by atoms with Crippen molar-refractivity contribution >= 4 is 17.9 Å². The van der Waals surface area contributed by atoms with Crippen molar-refractivity contribution in [2.24, 2.45) is 0 Å². The van der Waals surface area contributed by atoms with E-state index in [0.29, 0.717) is 19.3 Å². The Labute approximate surface area is 439 Å². The normalized spacial score (nSPS) is 12.7. The highest BCUT2D eigenvalue weighted by molar-refractivity contribution is 5.71. The summed E-state index contributed by atoms with van der Waals surface area (Å²) in [4.78, 5) is 38.2. The van der Waals surface area contributed by atoms with Crippen LogP contribution >= 0.6 is 0 Å². The molecule has 0 fully saturated rings. The average molecular weight is 990 g/mol. The summed E-state index contributed by atoms with van der Waals surface area (Å²) < 4.78 is 16.9. The van der Waals surface area contributed by atoms with Crippen LogP contribution in [0.15, 0.2) is 85.1 Å². The molecule has 6 heteroatoms. The summed E-state index contributed by atoms with van der Waals surface area (Å²) in [5.74, 6) is -0.923. The molecule has 0 radical (unpaired) electrons. The van der Waals surface area contributed by atoms with Crippen LogP contribution < -0.4 is 0 Å². The third-order valence-corrected chi connectivity index (χ3v) is 12.8. The van der Waals surface area contributed by atoms with Crippen LogP contribution in [-0.4, -0.2) is 37.2 Å². The second-order valence-electron chi connectivity index (χ2n) is 19.9. The van der Waals surface area contributed by atoms with Gasteiger partial charge in [-0.05, 0) is 122 Å². The van der Waals surface area contributed by atoms with Crippen molar-refractivity contribution in [1.29, 1.82) is 0 Å². The maximum Gasteiger partial charge on any atom is 0.306 e. The van der Waals surface area contributed by atoms with Gasteiger partial charge in [0, 0.05) is 19.3 Å². The lowest BCUT2D eigenvalue weighted by molar-refractivity contribution is -0.167. The quantitative estimate of drug-likeness (QED) is 0.0261. The zero-order chi connectivity index (χ0) is 51.4. The van der Waals surface area contributed by atoms with Gasteiger partial charge in [-0.2, -0.15) is 0 Å². The monoisotopic (exact) mass is 989 g/mol. The second-order valence-corrected chi connectivity index (χ2v) is 19.9. The molecule has 0 aliphatic heterocycles. The molecule has 0 N–H and O–H groups in total. The number of unbranched alkanes of at least 4 members (excludes halogenated alkanes) is 29. The molecular weight excluding hydrogens is 877 g/mol. The van der Waals surface area contributed by atoms with Crippen LogP contribution in [0.4, 0.5) is 0 Å². The number of hydrogen-bond acceptors (Lipinski definition) is 6. The summed E-state index contributed by atoms with van der Waals surface area (Å²) in [5, 5.41) is 0. The molecule has 0 aromatic rings. The molecule has 0 heterocycles. The van der Waals surface area contributed by atoms with Crippen LogP contribution in [-0.2, 0) is 28.6 Å². The number of carbonyl (C=O) groups excluding carboxylic acids is 3. The van der Waals surface area contributed by atoms with Crippen molar-refractivity contribution in [3.05, 3.63) is 85.1 Å². The Balaban J connectivity index is 4.45. The zero-order valence-corrected chi connectivity index (χ0v) is 46.7.